The van der Waals surface area contributed by atoms with Crippen molar-refractivity contribution in [1.29, 1.82) is 0 Å². The summed E-state index contributed by atoms with van der Waals surface area (Å²) in [5, 5.41) is 2.89. The number of benzene rings is 1. The molecule has 0 fully saturated rings. The number of nitrogens with zero attached hydrogens (tertiary/aromatic N) is 1. The molecule has 1 heterocycles. The molecule has 0 aromatic heterocycles. The minimum absolute atomic E-state index is 0.000463. The highest BCUT2D eigenvalue weighted by molar-refractivity contribution is 6.11. The molecule has 2 atom stereocenters. The van der Waals surface area contributed by atoms with Gasteiger partial charge in [0.2, 0.25) is 5.91 Å². The predicted octanol–water partition coefficient (Wildman–Crippen LogP) is 2.59. The molecule has 0 bridgehead atoms. The molecule has 108 valence electrons. The molecule has 1 N–H and O–H groups in total. The summed E-state index contributed by atoms with van der Waals surface area (Å²) in [5.74, 6) is -0.0301. The molecule has 1 aromatic carbocycles. The molecular formula is C16H22N2O2. The lowest BCUT2D eigenvalue weighted by Crippen LogP contribution is -2.49. The maximum absolute atomic E-state index is 12.8. The van der Waals surface area contributed by atoms with Crippen molar-refractivity contribution in [3.8, 4) is 0 Å². The first-order chi connectivity index (χ1) is 9.60. The molecule has 1 aliphatic heterocycles. The number of carbonyl (C=O) groups is 2. The summed E-state index contributed by atoms with van der Waals surface area (Å²) >= 11 is 0. The highest BCUT2D eigenvalue weighted by Gasteiger charge is 2.35. The van der Waals surface area contributed by atoms with E-state index in [0.717, 1.165) is 18.5 Å². The number of nitrogens with one attached hydrogen (secondary N) is 1. The van der Waals surface area contributed by atoms with Crippen molar-refractivity contribution >= 4 is 17.5 Å². The summed E-state index contributed by atoms with van der Waals surface area (Å²) in [5.41, 5.74) is 1.31. The van der Waals surface area contributed by atoms with Gasteiger partial charge < -0.3 is 10.2 Å². The van der Waals surface area contributed by atoms with Crippen molar-refractivity contribution in [2.75, 3.05) is 11.4 Å². The lowest BCUT2D eigenvalue weighted by atomic mass is 9.98. The Morgan fingerprint density at radius 3 is 2.60 bits per heavy atom. The molecule has 0 aliphatic carbocycles. The van der Waals surface area contributed by atoms with Gasteiger partial charge in [-0.2, -0.15) is 0 Å². The van der Waals surface area contributed by atoms with Gasteiger partial charge in [-0.05, 0) is 24.5 Å². The second-order valence-corrected chi connectivity index (χ2v) is 5.34. The van der Waals surface area contributed by atoms with E-state index in [0.29, 0.717) is 12.1 Å². The van der Waals surface area contributed by atoms with E-state index in [4.69, 9.17) is 0 Å². The van der Waals surface area contributed by atoms with Crippen molar-refractivity contribution in [2.24, 2.45) is 5.92 Å². The van der Waals surface area contributed by atoms with E-state index in [2.05, 4.69) is 5.32 Å². The highest BCUT2D eigenvalue weighted by atomic mass is 16.2. The van der Waals surface area contributed by atoms with Crippen molar-refractivity contribution < 1.29 is 9.59 Å². The maximum atomic E-state index is 12.8. The first-order valence-electron chi connectivity index (χ1n) is 7.31. The van der Waals surface area contributed by atoms with Crippen LogP contribution in [0.3, 0.4) is 0 Å². The number of amides is 2. The van der Waals surface area contributed by atoms with Crippen LogP contribution in [0.1, 0.15) is 44.0 Å². The van der Waals surface area contributed by atoms with Gasteiger partial charge in [-0.25, -0.2) is 0 Å². The monoisotopic (exact) mass is 274 g/mol. The second kappa shape index (κ2) is 6.07. The molecule has 2 amide bonds. The molecule has 2 unspecified atom stereocenters. The topological polar surface area (TPSA) is 49.4 Å². The van der Waals surface area contributed by atoms with E-state index >= 15 is 0 Å². The van der Waals surface area contributed by atoms with E-state index < -0.39 is 6.04 Å². The van der Waals surface area contributed by atoms with Gasteiger partial charge >= 0.3 is 0 Å². The third kappa shape index (κ3) is 2.55. The van der Waals surface area contributed by atoms with Gasteiger partial charge in [0.25, 0.3) is 5.91 Å². The van der Waals surface area contributed by atoms with E-state index in [1.807, 2.05) is 39.0 Å². The Bertz CT molecular complexity index is 513. The largest absolute Gasteiger partial charge is 0.340 e. The van der Waals surface area contributed by atoms with Gasteiger partial charge in [-0.15, -0.1) is 0 Å². The maximum Gasteiger partial charge on any atom is 0.254 e. The zero-order valence-electron chi connectivity index (χ0n) is 12.3. The average molecular weight is 274 g/mol. The average Bonchev–Trinajstić information content (AvgIpc) is 2.57. The van der Waals surface area contributed by atoms with Crippen LogP contribution in [0.15, 0.2) is 24.3 Å². The van der Waals surface area contributed by atoms with Crippen LogP contribution >= 0.6 is 0 Å². The Labute approximate surface area is 120 Å². The Balaban J connectivity index is 2.47. The highest BCUT2D eigenvalue weighted by Crippen LogP contribution is 2.26. The van der Waals surface area contributed by atoms with Crippen LogP contribution in [0, 0.1) is 5.92 Å². The summed E-state index contributed by atoms with van der Waals surface area (Å²) in [4.78, 5) is 26.9. The minimum Gasteiger partial charge on any atom is -0.340 e. The molecular weight excluding hydrogens is 252 g/mol. The van der Waals surface area contributed by atoms with Crippen LogP contribution < -0.4 is 10.2 Å². The number of para-hydroxylation sites is 1. The number of carbonyl (C=O) groups excluding carboxylic acids is 2. The molecule has 20 heavy (non-hydrogen) atoms. The van der Waals surface area contributed by atoms with E-state index in [-0.39, 0.29) is 17.7 Å². The molecule has 4 heteroatoms. The number of fused-ring (bicyclic) bond motifs is 1. The van der Waals surface area contributed by atoms with Crippen LogP contribution in [-0.4, -0.2) is 24.4 Å². The lowest BCUT2D eigenvalue weighted by molar-refractivity contribution is -0.121. The summed E-state index contributed by atoms with van der Waals surface area (Å²) in [6.45, 7) is 6.71. The third-order valence-electron chi connectivity index (χ3n) is 3.92. The van der Waals surface area contributed by atoms with Crippen LogP contribution in [0.5, 0.6) is 0 Å². The molecule has 0 saturated heterocycles. The number of hydrogen-bond acceptors (Lipinski definition) is 2. The zero-order valence-corrected chi connectivity index (χ0v) is 12.3. The fourth-order valence-corrected chi connectivity index (χ4v) is 2.54. The van der Waals surface area contributed by atoms with E-state index in [1.165, 1.54) is 0 Å². The Kier molecular flexibility index (Phi) is 4.42. The fraction of sp³-hybridized carbons (Fsp3) is 0.500. The normalized spacial score (nSPS) is 20.1. The first-order valence-corrected chi connectivity index (χ1v) is 7.31. The summed E-state index contributed by atoms with van der Waals surface area (Å²) in [7, 11) is 0. The van der Waals surface area contributed by atoms with E-state index in [1.54, 1.807) is 11.0 Å². The Morgan fingerprint density at radius 2 is 1.95 bits per heavy atom. The Morgan fingerprint density at radius 1 is 1.25 bits per heavy atom. The van der Waals surface area contributed by atoms with Gasteiger partial charge in [-0.3, -0.25) is 9.59 Å². The standard InChI is InChI=1S/C16H22N2O2/c1-4-10-18-13-9-7-6-8-12(13)15(19)17-14(16(18)20)11(3)5-2/h6-9,11,14H,4-5,10H2,1-3H3,(H,17,19). The predicted molar refractivity (Wildman–Crippen MR) is 79.8 cm³/mol. The first kappa shape index (κ1) is 14.6. The van der Waals surface area contributed by atoms with Crippen LogP contribution in [0.4, 0.5) is 5.69 Å². The van der Waals surface area contributed by atoms with Crippen LogP contribution in [0.25, 0.3) is 0 Å². The molecule has 2 rings (SSSR count). The molecule has 0 saturated carbocycles. The molecule has 4 nitrogen and oxygen atoms in total. The zero-order chi connectivity index (χ0) is 14.7. The van der Waals surface area contributed by atoms with Crippen molar-refractivity contribution in [1.82, 2.24) is 5.32 Å². The van der Waals surface area contributed by atoms with Gasteiger partial charge in [0.1, 0.15) is 6.04 Å². The molecule has 0 radical (unpaired) electrons. The smallest absolute Gasteiger partial charge is 0.254 e. The van der Waals surface area contributed by atoms with Gasteiger partial charge in [0, 0.05) is 6.54 Å². The number of anilines is 1. The molecule has 1 aliphatic rings. The summed E-state index contributed by atoms with van der Waals surface area (Å²) < 4.78 is 0. The summed E-state index contributed by atoms with van der Waals surface area (Å²) in [6, 6.07) is 6.88. The van der Waals surface area contributed by atoms with Crippen LogP contribution in [0.2, 0.25) is 0 Å². The number of hydrogen-bond donors (Lipinski definition) is 1. The fourth-order valence-electron chi connectivity index (χ4n) is 2.54. The van der Waals surface area contributed by atoms with Gasteiger partial charge in [0.15, 0.2) is 0 Å². The van der Waals surface area contributed by atoms with E-state index in [9.17, 15) is 9.59 Å². The SMILES string of the molecule is CCCN1C(=O)C(C(C)CC)NC(=O)c2ccccc21. The molecule has 1 aromatic rings. The van der Waals surface area contributed by atoms with Crippen LogP contribution in [-0.2, 0) is 4.79 Å². The third-order valence-corrected chi connectivity index (χ3v) is 3.92. The van der Waals surface area contributed by atoms with Crippen molar-refractivity contribution in [3.05, 3.63) is 29.8 Å². The lowest BCUT2D eigenvalue weighted by Gasteiger charge is -2.27. The second-order valence-electron chi connectivity index (χ2n) is 5.34. The Hall–Kier alpha value is -1.84. The molecule has 0 spiro atoms. The van der Waals surface area contributed by atoms with Crippen molar-refractivity contribution in [2.45, 2.75) is 39.7 Å². The minimum atomic E-state index is -0.438. The van der Waals surface area contributed by atoms with Crippen molar-refractivity contribution in [3.63, 3.8) is 0 Å². The number of rotatable bonds is 4. The summed E-state index contributed by atoms with van der Waals surface area (Å²) in [6.07, 6.45) is 1.72. The quantitative estimate of drug-likeness (QED) is 0.917. The van der Waals surface area contributed by atoms with Gasteiger partial charge in [-0.1, -0.05) is 39.3 Å². The van der Waals surface area contributed by atoms with Gasteiger partial charge in [0.05, 0.1) is 11.3 Å².